The van der Waals surface area contributed by atoms with Crippen LogP contribution in [0.25, 0.3) is 5.65 Å². The van der Waals surface area contributed by atoms with Crippen LogP contribution in [0, 0.1) is 0 Å². The molecule has 0 saturated carbocycles. The Bertz CT molecular complexity index is 713. The third-order valence-corrected chi connectivity index (χ3v) is 6.46. The molecule has 4 N–H and O–H groups in total. The highest BCUT2D eigenvalue weighted by molar-refractivity contribution is 7.72. The Morgan fingerprint density at radius 1 is 1.20 bits per heavy atom. The van der Waals surface area contributed by atoms with Crippen molar-refractivity contribution in [2.45, 2.75) is 11.6 Å². The van der Waals surface area contributed by atoms with Gasteiger partial charge in [-0.1, -0.05) is 6.07 Å². The highest BCUT2D eigenvalue weighted by Crippen LogP contribution is 2.71. The Morgan fingerprint density at radius 3 is 2.35 bits per heavy atom. The molecule has 2 aromatic heterocycles. The minimum Gasteiger partial charge on any atom is -0.322 e. The Labute approximate surface area is 112 Å². The van der Waals surface area contributed by atoms with Crippen molar-refractivity contribution in [3.8, 4) is 0 Å². The van der Waals surface area contributed by atoms with Gasteiger partial charge >= 0.3 is 20.3 Å². The minimum absolute atomic E-state index is 0.0604. The van der Waals surface area contributed by atoms with Crippen molar-refractivity contribution in [3.05, 3.63) is 36.3 Å². The third kappa shape index (κ3) is 2.44. The molecule has 8 nitrogen and oxygen atoms in total. The van der Waals surface area contributed by atoms with E-state index in [1.807, 2.05) is 0 Å². The molecule has 0 atom stereocenters. The van der Waals surface area contributed by atoms with Crippen LogP contribution in [0.5, 0.6) is 0 Å². The van der Waals surface area contributed by atoms with E-state index in [4.69, 9.17) is 19.6 Å². The van der Waals surface area contributed by atoms with Gasteiger partial charge in [-0.05, 0) is 12.1 Å². The van der Waals surface area contributed by atoms with Crippen LogP contribution in [-0.2, 0) is 15.6 Å². The number of imidazole rings is 1. The van der Waals surface area contributed by atoms with Gasteiger partial charge in [-0.25, -0.2) is 9.37 Å². The number of nitrogens with zero attached hydrogens (tertiary/aromatic N) is 2. The SMILES string of the molecule is O=P(O)(O)C(F)(Cc1cnc2ccccn12)P(=O)(O)O. The zero-order valence-electron chi connectivity index (χ0n) is 9.87. The zero-order valence-corrected chi connectivity index (χ0v) is 11.7. The van der Waals surface area contributed by atoms with Crippen LogP contribution in [0.2, 0.25) is 0 Å². The minimum atomic E-state index is -5.70. The average Bonchev–Trinajstić information content (AvgIpc) is 2.70. The maximum Gasteiger partial charge on any atom is 0.375 e. The van der Waals surface area contributed by atoms with Gasteiger partial charge in [-0.3, -0.25) is 9.13 Å². The smallest absolute Gasteiger partial charge is 0.322 e. The van der Waals surface area contributed by atoms with Crippen LogP contribution < -0.4 is 0 Å². The van der Waals surface area contributed by atoms with E-state index in [1.54, 1.807) is 18.2 Å². The predicted molar refractivity (Wildman–Crippen MR) is 66.8 cm³/mol. The molecule has 2 heterocycles. The summed E-state index contributed by atoms with van der Waals surface area (Å²) < 4.78 is 37.9. The normalized spacial score (nSPS) is 13.8. The second-order valence-electron chi connectivity index (χ2n) is 4.16. The highest BCUT2D eigenvalue weighted by atomic mass is 31.2. The molecule has 11 heteroatoms. The Kier molecular flexibility index (Phi) is 3.62. The summed E-state index contributed by atoms with van der Waals surface area (Å²) in [4.78, 5) is 39.7. The van der Waals surface area contributed by atoms with E-state index in [2.05, 4.69) is 4.98 Å². The lowest BCUT2D eigenvalue weighted by Crippen LogP contribution is -2.26. The molecule has 0 amide bonds. The summed E-state index contributed by atoms with van der Waals surface area (Å²) in [7, 11) is -11.4. The van der Waals surface area contributed by atoms with Gasteiger partial charge in [-0.15, -0.1) is 0 Å². The number of rotatable bonds is 4. The molecule has 0 spiro atoms. The molecule has 0 aliphatic rings. The van der Waals surface area contributed by atoms with Gasteiger partial charge in [0.2, 0.25) is 0 Å². The fraction of sp³-hybridized carbons (Fsp3) is 0.222. The molecule has 2 aromatic rings. The maximum atomic E-state index is 14.3. The number of hydrogen-bond donors (Lipinski definition) is 4. The lowest BCUT2D eigenvalue weighted by atomic mass is 10.3. The van der Waals surface area contributed by atoms with E-state index >= 15 is 0 Å². The van der Waals surface area contributed by atoms with Crippen LogP contribution in [0.4, 0.5) is 4.39 Å². The van der Waals surface area contributed by atoms with Crippen LogP contribution in [0.15, 0.2) is 30.6 Å². The largest absolute Gasteiger partial charge is 0.375 e. The number of fused-ring (bicyclic) bond motifs is 1. The third-order valence-electron chi connectivity index (χ3n) is 2.79. The first kappa shape index (κ1) is 15.3. The summed E-state index contributed by atoms with van der Waals surface area (Å²) in [5, 5.41) is -3.98. The number of aromatic nitrogens is 2. The summed E-state index contributed by atoms with van der Waals surface area (Å²) in [5.74, 6) is 0. The van der Waals surface area contributed by atoms with Gasteiger partial charge in [0.25, 0.3) is 0 Å². The second-order valence-corrected chi connectivity index (χ2v) is 8.11. The monoisotopic (exact) mass is 324 g/mol. The summed E-state index contributed by atoms with van der Waals surface area (Å²) >= 11 is 0. The lowest BCUT2D eigenvalue weighted by Gasteiger charge is -2.26. The Hall–Kier alpha value is -1.08. The number of pyridine rings is 1. The maximum absolute atomic E-state index is 14.3. The Morgan fingerprint density at radius 2 is 1.80 bits per heavy atom. The lowest BCUT2D eigenvalue weighted by molar-refractivity contribution is 0.220. The predicted octanol–water partition coefficient (Wildman–Crippen LogP) is 0.855. The molecule has 0 fully saturated rings. The van der Waals surface area contributed by atoms with Crippen LogP contribution >= 0.6 is 15.2 Å². The van der Waals surface area contributed by atoms with Crippen molar-refractivity contribution < 1.29 is 33.1 Å². The second kappa shape index (κ2) is 4.73. The van der Waals surface area contributed by atoms with Gasteiger partial charge < -0.3 is 24.0 Å². The molecule has 0 unspecified atom stereocenters. The van der Waals surface area contributed by atoms with Gasteiger partial charge in [0.05, 0.1) is 0 Å². The molecule has 0 saturated heterocycles. The number of alkyl halides is 1. The van der Waals surface area contributed by atoms with Gasteiger partial charge in [0, 0.05) is 24.5 Å². The van der Waals surface area contributed by atoms with E-state index < -0.39 is 26.8 Å². The quantitative estimate of drug-likeness (QED) is 0.613. The van der Waals surface area contributed by atoms with Crippen molar-refractivity contribution in [1.82, 2.24) is 9.38 Å². The van der Waals surface area contributed by atoms with E-state index in [-0.39, 0.29) is 5.69 Å². The van der Waals surface area contributed by atoms with Crippen molar-refractivity contribution >= 4 is 20.8 Å². The molecule has 0 aromatic carbocycles. The Balaban J connectivity index is 2.55. The summed E-state index contributed by atoms with van der Waals surface area (Å²) in [6.07, 6.45) is 1.39. The summed E-state index contributed by atoms with van der Waals surface area (Å²) in [6.45, 7) is 0. The fourth-order valence-electron chi connectivity index (χ4n) is 1.72. The first-order chi connectivity index (χ1) is 9.06. The van der Waals surface area contributed by atoms with Gasteiger partial charge in [0.15, 0.2) is 0 Å². The molecular weight excluding hydrogens is 313 g/mol. The van der Waals surface area contributed by atoms with Crippen molar-refractivity contribution in [2.24, 2.45) is 0 Å². The van der Waals surface area contributed by atoms with E-state index in [9.17, 15) is 13.5 Å². The first-order valence-corrected chi connectivity index (χ1v) is 8.50. The van der Waals surface area contributed by atoms with Gasteiger partial charge in [0.1, 0.15) is 5.65 Å². The van der Waals surface area contributed by atoms with Crippen LogP contribution in [-0.4, -0.2) is 34.1 Å². The molecule has 0 aliphatic heterocycles. The van der Waals surface area contributed by atoms with Crippen molar-refractivity contribution in [2.75, 3.05) is 0 Å². The van der Waals surface area contributed by atoms with E-state index in [0.717, 1.165) is 6.20 Å². The van der Waals surface area contributed by atoms with Crippen molar-refractivity contribution in [3.63, 3.8) is 0 Å². The first-order valence-electron chi connectivity index (χ1n) is 5.27. The molecular formula is C9H11FN2O6P2. The number of halogens is 1. The molecule has 0 aliphatic carbocycles. The molecule has 20 heavy (non-hydrogen) atoms. The zero-order chi connectivity index (χ0) is 15.2. The van der Waals surface area contributed by atoms with Gasteiger partial charge in [-0.2, -0.15) is 0 Å². The highest BCUT2D eigenvalue weighted by Gasteiger charge is 2.62. The topological polar surface area (TPSA) is 132 Å². The van der Waals surface area contributed by atoms with Crippen LogP contribution in [0.3, 0.4) is 0 Å². The molecule has 2 rings (SSSR count). The summed E-state index contributed by atoms with van der Waals surface area (Å²) in [5.41, 5.74) is 0.302. The molecule has 110 valence electrons. The van der Waals surface area contributed by atoms with Crippen LogP contribution in [0.1, 0.15) is 5.69 Å². The van der Waals surface area contributed by atoms with E-state index in [0.29, 0.717) is 5.65 Å². The fourth-order valence-corrected chi connectivity index (χ4v) is 3.82. The summed E-state index contributed by atoms with van der Waals surface area (Å²) in [6, 6.07) is 4.76. The molecule has 0 bridgehead atoms. The number of hydrogen-bond acceptors (Lipinski definition) is 3. The van der Waals surface area contributed by atoms with Crippen molar-refractivity contribution in [1.29, 1.82) is 0 Å². The standard InChI is InChI=1S/C9H11FN2O6P2/c10-9(19(13,14)15,20(16,17)18)5-7-6-11-8-3-1-2-4-12(7)8/h1-4,6H,5H2,(H2,13,14,15)(H2,16,17,18). The van der Waals surface area contributed by atoms with E-state index in [1.165, 1.54) is 10.6 Å². The average molecular weight is 324 g/mol. The molecule has 0 radical (unpaired) electrons.